The normalized spacial score (nSPS) is 22.3. The molecule has 4 aromatic heterocycles. The number of tetrazole rings is 1. The molecule has 3 fully saturated rings. The molecule has 0 amide bonds. The van der Waals surface area contributed by atoms with E-state index in [4.69, 9.17) is 19.3 Å². The Morgan fingerprint density at radius 3 is 2.47 bits per heavy atom. The average Bonchev–Trinajstić information content (AvgIpc) is 3.89. The maximum Gasteiger partial charge on any atom is 0.257 e. The fourth-order valence-electron chi connectivity index (χ4n) is 7.59. The molecule has 15 heteroatoms. The third kappa shape index (κ3) is 7.38. The molecular weight excluding hydrogens is 648 g/mol. The lowest BCUT2D eigenvalue weighted by Gasteiger charge is -2.43. The van der Waals surface area contributed by atoms with E-state index >= 15 is 0 Å². The van der Waals surface area contributed by atoms with Crippen LogP contribution in [-0.4, -0.2) is 87.3 Å². The van der Waals surface area contributed by atoms with E-state index in [0.29, 0.717) is 53.5 Å². The van der Waals surface area contributed by atoms with Crippen LogP contribution in [0, 0.1) is 11.3 Å². The number of anilines is 2. The number of morpholine rings is 1. The van der Waals surface area contributed by atoms with Crippen LogP contribution < -0.4 is 14.8 Å². The monoisotopic (exact) mass is 688 g/mol. The minimum Gasteiger partial charge on any atom is -0.487 e. The van der Waals surface area contributed by atoms with E-state index in [0.717, 1.165) is 55.7 Å². The van der Waals surface area contributed by atoms with Crippen LogP contribution >= 0.6 is 0 Å². The van der Waals surface area contributed by atoms with Gasteiger partial charge in [0.25, 0.3) is 5.88 Å². The highest BCUT2D eigenvalue weighted by Crippen LogP contribution is 2.39. The molecule has 1 N–H and O–H groups in total. The largest absolute Gasteiger partial charge is 0.487 e. The zero-order valence-electron chi connectivity index (χ0n) is 28.5. The first kappa shape index (κ1) is 32.7. The molecule has 0 radical (unpaired) electrons. The Morgan fingerprint density at radius 2 is 1.75 bits per heavy atom. The van der Waals surface area contributed by atoms with E-state index in [9.17, 15) is 5.26 Å². The summed E-state index contributed by atoms with van der Waals surface area (Å²) in [7, 11) is 0. The van der Waals surface area contributed by atoms with E-state index in [1.165, 1.54) is 19.2 Å². The molecule has 1 aromatic carbocycles. The second-order valence-electron chi connectivity index (χ2n) is 13.5. The Hall–Kier alpha value is -5.46. The van der Waals surface area contributed by atoms with Crippen molar-refractivity contribution in [2.45, 2.75) is 88.9 Å². The second-order valence-corrected chi connectivity index (χ2v) is 13.5. The molecule has 2 saturated heterocycles. The summed E-state index contributed by atoms with van der Waals surface area (Å²) >= 11 is 0. The van der Waals surface area contributed by atoms with Crippen LogP contribution in [-0.2, 0) is 17.9 Å². The lowest BCUT2D eigenvalue weighted by Crippen LogP contribution is -2.52. The number of benzene rings is 1. The number of nitrogens with one attached hydrogen (secondary N) is 1. The molecule has 0 spiro atoms. The molecule has 15 nitrogen and oxygen atoms in total. The number of rotatable bonds is 12. The van der Waals surface area contributed by atoms with Gasteiger partial charge in [-0.25, -0.2) is 14.6 Å². The fraction of sp³-hybridized carbons (Fsp3) is 0.444. The highest BCUT2D eigenvalue weighted by Gasteiger charge is 2.42. The molecule has 3 atom stereocenters. The highest BCUT2D eigenvalue weighted by molar-refractivity contribution is 5.67. The smallest absolute Gasteiger partial charge is 0.257 e. The second kappa shape index (κ2) is 14.8. The zero-order valence-corrected chi connectivity index (χ0v) is 28.5. The number of aromatic nitrogens is 9. The van der Waals surface area contributed by atoms with Crippen molar-refractivity contribution in [3.8, 4) is 28.8 Å². The molecule has 2 bridgehead atoms. The van der Waals surface area contributed by atoms with Gasteiger partial charge in [0.15, 0.2) is 0 Å². The van der Waals surface area contributed by atoms with Crippen LogP contribution in [0.3, 0.4) is 0 Å². The molecule has 1 saturated carbocycles. The summed E-state index contributed by atoms with van der Waals surface area (Å²) in [5, 5.41) is 29.2. The summed E-state index contributed by atoms with van der Waals surface area (Å²) in [5.74, 6) is 1.35. The zero-order chi connectivity index (χ0) is 34.6. The first-order valence-electron chi connectivity index (χ1n) is 17.6. The number of ether oxygens (including phenoxy) is 3. The Labute approximate surface area is 295 Å². The molecule has 0 unspecified atom stereocenters. The van der Waals surface area contributed by atoms with Gasteiger partial charge in [-0.15, -0.1) is 10.2 Å². The maximum absolute atomic E-state index is 9.70. The molecule has 3 aliphatic rings. The van der Waals surface area contributed by atoms with Crippen molar-refractivity contribution in [3.63, 3.8) is 0 Å². The molecule has 262 valence electrons. The molecule has 6 heterocycles. The first-order chi connectivity index (χ1) is 25.1. The Balaban J connectivity index is 0.968. The van der Waals surface area contributed by atoms with Crippen molar-refractivity contribution in [1.82, 2.24) is 49.8 Å². The third-order valence-electron chi connectivity index (χ3n) is 10.0. The van der Waals surface area contributed by atoms with Crippen molar-refractivity contribution in [2.24, 2.45) is 0 Å². The minimum absolute atomic E-state index is 0.274. The average molecular weight is 689 g/mol. The van der Waals surface area contributed by atoms with Gasteiger partial charge in [-0.1, -0.05) is 12.1 Å². The summed E-state index contributed by atoms with van der Waals surface area (Å²) < 4.78 is 21.8. The van der Waals surface area contributed by atoms with Gasteiger partial charge < -0.3 is 19.5 Å². The number of hydrogen-bond acceptors (Lipinski definition) is 13. The molecule has 51 heavy (non-hydrogen) atoms. The topological polar surface area (TPSA) is 167 Å². The van der Waals surface area contributed by atoms with Crippen LogP contribution in [0.5, 0.6) is 11.6 Å². The summed E-state index contributed by atoms with van der Waals surface area (Å²) in [5.41, 5.74) is 3.53. The van der Waals surface area contributed by atoms with Gasteiger partial charge in [-0.05, 0) is 85.7 Å². The van der Waals surface area contributed by atoms with E-state index in [2.05, 4.69) is 46.8 Å². The molecule has 1 aliphatic carbocycles. The predicted octanol–water partition coefficient (Wildman–Crippen LogP) is 4.73. The lowest BCUT2D eigenvalue weighted by atomic mass is 9.89. The number of nitrogens with zero attached hydrogens (tertiary/aromatic N) is 11. The molecule has 8 rings (SSSR count). The number of hydrogen-bond donors (Lipinski definition) is 1. The maximum atomic E-state index is 9.70. The van der Waals surface area contributed by atoms with Gasteiger partial charge in [0.1, 0.15) is 36.5 Å². The van der Waals surface area contributed by atoms with Crippen molar-refractivity contribution in [3.05, 3.63) is 78.8 Å². The summed E-state index contributed by atoms with van der Waals surface area (Å²) in [6.45, 7) is 4.37. The van der Waals surface area contributed by atoms with E-state index in [1.54, 1.807) is 29.3 Å². The van der Waals surface area contributed by atoms with Gasteiger partial charge in [0.2, 0.25) is 5.95 Å². The summed E-state index contributed by atoms with van der Waals surface area (Å²) in [4.78, 5) is 16.4. The van der Waals surface area contributed by atoms with Crippen LogP contribution in [0.1, 0.15) is 62.7 Å². The Morgan fingerprint density at radius 1 is 0.961 bits per heavy atom. The number of pyridine rings is 1. The molecular formula is C36H40N12O3. The quantitative estimate of drug-likeness (QED) is 0.191. The lowest BCUT2D eigenvalue weighted by molar-refractivity contribution is -0.0458. The van der Waals surface area contributed by atoms with Crippen LogP contribution in [0.25, 0.3) is 11.1 Å². The molecule has 2 aliphatic heterocycles. The summed E-state index contributed by atoms with van der Waals surface area (Å²) in [6.07, 6.45) is 15.4. The first-order valence-corrected chi connectivity index (χ1v) is 17.6. The van der Waals surface area contributed by atoms with Crippen molar-refractivity contribution < 1.29 is 14.2 Å². The van der Waals surface area contributed by atoms with Crippen LogP contribution in [0.4, 0.5) is 11.6 Å². The Bertz CT molecular complexity index is 1920. The number of nitriles is 1. The standard InChI is InChI=1S/C36H40N12O3/c1-24(18-46-23-41-44-45-46)51-34-14-25(5-6-26(34)15-37)27-16-39-36(40-17-27)42-33-19-47(43-35(33)50-20-28-4-2-3-13-38-28)29-7-9-30(10-8-29)48-31-11-12-32(48)22-49-21-31/h2-6,13-14,16-17,19,23-24,29-32H,7-12,18,20-22H2,1H3,(H,39,40,42)/t24-,29?,30?,31-,32+/m0/s1. The summed E-state index contributed by atoms with van der Waals surface area (Å²) in [6, 6.07) is 15.4. The van der Waals surface area contributed by atoms with E-state index < -0.39 is 0 Å². The predicted molar refractivity (Wildman–Crippen MR) is 185 cm³/mol. The highest BCUT2D eigenvalue weighted by atomic mass is 16.5. The third-order valence-corrected chi connectivity index (χ3v) is 10.0. The van der Waals surface area contributed by atoms with Crippen molar-refractivity contribution >= 4 is 11.6 Å². The Kier molecular flexibility index (Phi) is 9.50. The van der Waals surface area contributed by atoms with Gasteiger partial charge >= 0.3 is 0 Å². The van der Waals surface area contributed by atoms with E-state index in [1.807, 2.05) is 48.1 Å². The van der Waals surface area contributed by atoms with Gasteiger partial charge in [0, 0.05) is 42.3 Å². The van der Waals surface area contributed by atoms with Gasteiger partial charge in [0.05, 0.1) is 43.3 Å². The van der Waals surface area contributed by atoms with Gasteiger partial charge in [-0.3, -0.25) is 14.6 Å². The van der Waals surface area contributed by atoms with Crippen LogP contribution in [0.2, 0.25) is 0 Å². The van der Waals surface area contributed by atoms with Crippen molar-refractivity contribution in [2.75, 3.05) is 18.5 Å². The minimum atomic E-state index is -0.274. The fourth-order valence-corrected chi connectivity index (χ4v) is 7.59. The SMILES string of the molecule is C[C@@H](Cn1cnnn1)Oc1cc(-c2cnc(Nc3cn(C4CCC(N5[C@@H]6CC[C@H]5COC6)CC4)nc3OCc3ccccn3)nc2)ccc1C#N. The number of fused-ring (bicyclic) bond motifs is 2. The van der Waals surface area contributed by atoms with Crippen molar-refractivity contribution in [1.29, 1.82) is 5.26 Å². The molecule has 5 aromatic rings. The van der Waals surface area contributed by atoms with Crippen LogP contribution in [0.15, 0.2) is 67.5 Å². The van der Waals surface area contributed by atoms with E-state index in [-0.39, 0.29) is 18.8 Å². The van der Waals surface area contributed by atoms with Gasteiger partial charge in [-0.2, -0.15) is 5.26 Å².